The normalized spacial score (nSPS) is 10.5. The number of nitrogens with one attached hydrogen (secondary N) is 1. The van der Waals surface area contributed by atoms with Gasteiger partial charge in [0.25, 0.3) is 5.91 Å². The lowest BCUT2D eigenvalue weighted by molar-refractivity contribution is -0.135. The van der Waals surface area contributed by atoms with E-state index in [4.69, 9.17) is 10.2 Å². The first-order valence-corrected chi connectivity index (χ1v) is 5.91. The molecule has 0 bridgehead atoms. The van der Waals surface area contributed by atoms with Gasteiger partial charge in [-0.1, -0.05) is 12.1 Å². The Morgan fingerprint density at radius 3 is 2.42 bits per heavy atom. The summed E-state index contributed by atoms with van der Waals surface area (Å²) in [5, 5.41) is 19.6. The number of aliphatic hydroxyl groups is 1. The van der Waals surface area contributed by atoms with Gasteiger partial charge in [-0.05, 0) is 24.7 Å². The number of nitrogens with zero attached hydrogens (tertiary/aromatic N) is 1. The average Bonchev–Trinajstić information content (AvgIpc) is 2.37. The molecule has 0 atom stereocenters. The summed E-state index contributed by atoms with van der Waals surface area (Å²) in [6.45, 7) is 0.977. The summed E-state index contributed by atoms with van der Waals surface area (Å²) in [5.74, 6) is -1.48. The Morgan fingerprint density at radius 2 is 1.89 bits per heavy atom. The highest BCUT2D eigenvalue weighted by molar-refractivity contribution is 5.95. The van der Waals surface area contributed by atoms with Crippen molar-refractivity contribution in [2.45, 2.75) is 6.54 Å². The third kappa shape index (κ3) is 5.50. The molecular formula is C13H18N2O4. The number of hydrogen-bond donors (Lipinski definition) is 3. The molecule has 1 aromatic rings. The molecule has 1 aromatic carbocycles. The standard InChI is InChI=1S/C13H18N2O4/c1-15(6-7-16)9-10-2-4-11(5-3-10)13(19)14-8-12(17)18/h2-5,16H,6-9H2,1H3,(H,14,19)(H,17,18). The Labute approximate surface area is 111 Å². The van der Waals surface area contributed by atoms with Crippen molar-refractivity contribution in [3.8, 4) is 0 Å². The first-order valence-electron chi connectivity index (χ1n) is 5.91. The molecule has 0 heterocycles. The van der Waals surface area contributed by atoms with Crippen LogP contribution in [0.25, 0.3) is 0 Å². The van der Waals surface area contributed by atoms with Gasteiger partial charge in [0.15, 0.2) is 0 Å². The summed E-state index contributed by atoms with van der Waals surface area (Å²) in [6, 6.07) is 6.92. The van der Waals surface area contributed by atoms with Crippen LogP contribution >= 0.6 is 0 Å². The van der Waals surface area contributed by atoms with Gasteiger partial charge in [0.1, 0.15) is 6.54 Å². The number of carboxylic acid groups (broad SMARTS) is 1. The molecule has 3 N–H and O–H groups in total. The summed E-state index contributed by atoms with van der Waals surface area (Å²) in [5.41, 5.74) is 1.44. The van der Waals surface area contributed by atoms with Crippen LogP contribution < -0.4 is 5.32 Å². The third-order valence-corrected chi connectivity index (χ3v) is 2.55. The number of carboxylic acids is 1. The maximum absolute atomic E-state index is 11.6. The van der Waals surface area contributed by atoms with Crippen molar-refractivity contribution in [1.82, 2.24) is 10.2 Å². The summed E-state index contributed by atoms with van der Waals surface area (Å²) in [4.78, 5) is 23.9. The maximum Gasteiger partial charge on any atom is 0.322 e. The molecule has 1 rings (SSSR count). The molecule has 19 heavy (non-hydrogen) atoms. The van der Waals surface area contributed by atoms with Crippen molar-refractivity contribution in [2.75, 3.05) is 26.7 Å². The molecule has 1 amide bonds. The number of aliphatic hydroxyl groups excluding tert-OH is 1. The smallest absolute Gasteiger partial charge is 0.322 e. The minimum absolute atomic E-state index is 0.103. The van der Waals surface area contributed by atoms with Crippen LogP contribution in [-0.2, 0) is 11.3 Å². The van der Waals surface area contributed by atoms with Gasteiger partial charge < -0.3 is 15.5 Å². The number of likely N-dealkylation sites (N-methyl/N-ethyl adjacent to an activating group) is 1. The summed E-state index contributed by atoms with van der Waals surface area (Å²) in [6.07, 6.45) is 0. The van der Waals surface area contributed by atoms with Gasteiger partial charge in [0.05, 0.1) is 6.61 Å². The quantitative estimate of drug-likeness (QED) is 0.642. The van der Waals surface area contributed by atoms with Gasteiger partial charge in [-0.3, -0.25) is 14.5 Å². The van der Waals surface area contributed by atoms with Crippen LogP contribution in [0.2, 0.25) is 0 Å². The number of aliphatic carboxylic acids is 1. The monoisotopic (exact) mass is 266 g/mol. The number of rotatable bonds is 7. The maximum atomic E-state index is 11.6. The second-order valence-electron chi connectivity index (χ2n) is 4.23. The van der Waals surface area contributed by atoms with E-state index in [1.165, 1.54) is 0 Å². The molecule has 0 unspecified atom stereocenters. The van der Waals surface area contributed by atoms with E-state index < -0.39 is 11.9 Å². The molecule has 0 radical (unpaired) electrons. The van der Waals surface area contributed by atoms with Crippen LogP contribution in [0.1, 0.15) is 15.9 Å². The van der Waals surface area contributed by atoms with Gasteiger partial charge in [-0.25, -0.2) is 0 Å². The van der Waals surface area contributed by atoms with E-state index in [-0.39, 0.29) is 13.2 Å². The Kier molecular flexibility index (Phi) is 5.98. The summed E-state index contributed by atoms with van der Waals surface area (Å²) >= 11 is 0. The predicted octanol–water partition coefficient (Wildman–Crippen LogP) is -0.0749. The van der Waals surface area contributed by atoms with Crippen LogP contribution in [-0.4, -0.2) is 53.7 Å². The number of carbonyl (C=O) groups excluding carboxylic acids is 1. The van der Waals surface area contributed by atoms with E-state index in [0.29, 0.717) is 18.7 Å². The molecule has 0 aromatic heterocycles. The second-order valence-corrected chi connectivity index (χ2v) is 4.23. The van der Waals surface area contributed by atoms with E-state index in [1.807, 2.05) is 24.1 Å². The largest absolute Gasteiger partial charge is 0.480 e. The van der Waals surface area contributed by atoms with Crippen molar-refractivity contribution < 1.29 is 19.8 Å². The Balaban J connectivity index is 2.55. The molecule has 0 aliphatic carbocycles. The van der Waals surface area contributed by atoms with E-state index in [0.717, 1.165) is 5.56 Å². The predicted molar refractivity (Wildman–Crippen MR) is 69.8 cm³/mol. The SMILES string of the molecule is CN(CCO)Cc1ccc(C(=O)NCC(=O)O)cc1. The molecule has 0 fully saturated rings. The van der Waals surface area contributed by atoms with Gasteiger partial charge >= 0.3 is 5.97 Å². The van der Waals surface area contributed by atoms with Crippen LogP contribution in [0, 0.1) is 0 Å². The fourth-order valence-corrected chi connectivity index (χ4v) is 1.58. The molecule has 0 spiro atoms. The third-order valence-electron chi connectivity index (χ3n) is 2.55. The van der Waals surface area contributed by atoms with Crippen molar-refractivity contribution in [3.63, 3.8) is 0 Å². The summed E-state index contributed by atoms with van der Waals surface area (Å²) in [7, 11) is 1.89. The van der Waals surface area contributed by atoms with Gasteiger partial charge in [-0.15, -0.1) is 0 Å². The van der Waals surface area contributed by atoms with Crippen LogP contribution in [0.4, 0.5) is 0 Å². The zero-order chi connectivity index (χ0) is 14.3. The van der Waals surface area contributed by atoms with Crippen molar-refractivity contribution >= 4 is 11.9 Å². The number of carbonyl (C=O) groups is 2. The van der Waals surface area contributed by atoms with Crippen molar-refractivity contribution in [1.29, 1.82) is 0 Å². The molecule has 0 saturated carbocycles. The Morgan fingerprint density at radius 1 is 1.26 bits per heavy atom. The average molecular weight is 266 g/mol. The van der Waals surface area contributed by atoms with E-state index in [9.17, 15) is 9.59 Å². The lowest BCUT2D eigenvalue weighted by Gasteiger charge is -2.15. The van der Waals surface area contributed by atoms with Crippen molar-refractivity contribution in [3.05, 3.63) is 35.4 Å². The minimum Gasteiger partial charge on any atom is -0.480 e. The summed E-state index contributed by atoms with van der Waals surface area (Å²) < 4.78 is 0. The van der Waals surface area contributed by atoms with E-state index in [1.54, 1.807) is 12.1 Å². The second kappa shape index (κ2) is 7.50. The highest BCUT2D eigenvalue weighted by atomic mass is 16.4. The fraction of sp³-hybridized carbons (Fsp3) is 0.385. The lowest BCUT2D eigenvalue weighted by atomic mass is 10.1. The van der Waals surface area contributed by atoms with Crippen molar-refractivity contribution in [2.24, 2.45) is 0 Å². The first-order chi connectivity index (χ1) is 9.02. The van der Waals surface area contributed by atoms with Crippen LogP contribution in [0.5, 0.6) is 0 Å². The van der Waals surface area contributed by atoms with E-state index in [2.05, 4.69) is 5.32 Å². The number of amides is 1. The van der Waals surface area contributed by atoms with Gasteiger partial charge in [0, 0.05) is 18.7 Å². The molecule has 0 aliphatic heterocycles. The Bertz CT molecular complexity index is 431. The van der Waals surface area contributed by atoms with Crippen LogP contribution in [0.15, 0.2) is 24.3 Å². The number of hydrogen-bond acceptors (Lipinski definition) is 4. The van der Waals surface area contributed by atoms with Gasteiger partial charge in [0.2, 0.25) is 0 Å². The van der Waals surface area contributed by atoms with E-state index >= 15 is 0 Å². The molecule has 104 valence electrons. The molecule has 6 heteroatoms. The fourth-order valence-electron chi connectivity index (χ4n) is 1.58. The topological polar surface area (TPSA) is 89.9 Å². The van der Waals surface area contributed by atoms with Gasteiger partial charge in [-0.2, -0.15) is 0 Å². The highest BCUT2D eigenvalue weighted by Crippen LogP contribution is 2.06. The first kappa shape index (κ1) is 15.1. The van der Waals surface area contributed by atoms with Crippen LogP contribution in [0.3, 0.4) is 0 Å². The molecular weight excluding hydrogens is 248 g/mol. The Hall–Kier alpha value is -1.92. The highest BCUT2D eigenvalue weighted by Gasteiger charge is 2.07. The molecule has 0 saturated heterocycles. The lowest BCUT2D eigenvalue weighted by Crippen LogP contribution is -2.29. The molecule has 6 nitrogen and oxygen atoms in total. The molecule has 0 aliphatic rings. The zero-order valence-electron chi connectivity index (χ0n) is 10.8. The number of benzene rings is 1. The zero-order valence-corrected chi connectivity index (χ0v) is 10.8. The minimum atomic E-state index is -1.07.